The first-order chi connectivity index (χ1) is 11.6. The minimum absolute atomic E-state index is 0.138. The van der Waals surface area contributed by atoms with Crippen molar-refractivity contribution >= 4 is 51.9 Å². The Morgan fingerprint density at radius 1 is 1.12 bits per heavy atom. The molecule has 1 fully saturated rings. The zero-order valence-electron chi connectivity index (χ0n) is 12.3. The van der Waals surface area contributed by atoms with Crippen LogP contribution in [0.25, 0.3) is 6.08 Å². The lowest BCUT2D eigenvalue weighted by Crippen LogP contribution is -2.33. The number of thiocarbonyl (C=S) groups is 1. The topological polar surface area (TPSA) is 69.6 Å². The number of carbonyl (C=O) groups excluding carboxylic acids is 1. The Morgan fingerprint density at radius 2 is 1.79 bits per heavy atom. The Bertz CT molecular complexity index is 850. The van der Waals surface area contributed by atoms with Gasteiger partial charge in [-0.25, -0.2) is 9.80 Å². The summed E-state index contributed by atoms with van der Waals surface area (Å²) in [6.07, 6.45) is 1.55. The summed E-state index contributed by atoms with van der Waals surface area (Å²) in [5.41, 5.74) is 4.30. The maximum Gasteiger partial charge on any atom is 0.336 e. The molecule has 5 nitrogen and oxygen atoms in total. The number of anilines is 1. The van der Waals surface area contributed by atoms with Crippen LogP contribution in [0.15, 0.2) is 59.5 Å². The minimum Gasteiger partial charge on any atom is -0.478 e. The number of hydrogen-bond donors (Lipinski definition) is 2. The van der Waals surface area contributed by atoms with E-state index in [0.29, 0.717) is 14.8 Å². The summed E-state index contributed by atoms with van der Waals surface area (Å²) in [7, 11) is 0. The first-order valence-corrected chi connectivity index (χ1v) is 8.21. The summed E-state index contributed by atoms with van der Waals surface area (Å²) in [5.74, 6) is -1.35. The number of aromatic carboxylic acids is 1. The van der Waals surface area contributed by atoms with Crippen LogP contribution in [-0.2, 0) is 4.79 Å². The fraction of sp³-hybridized carbons (Fsp3) is 0. The lowest BCUT2D eigenvalue weighted by atomic mass is 10.1. The van der Waals surface area contributed by atoms with Crippen molar-refractivity contribution in [1.82, 2.24) is 5.01 Å². The highest BCUT2D eigenvalue weighted by molar-refractivity contribution is 8.26. The SMILES string of the molecule is O=C(O)c1ccccc1/C=C1/SC(=S)N(Nc2ccccc2)C1=O. The molecule has 1 aliphatic heterocycles. The zero-order chi connectivity index (χ0) is 17.1. The molecule has 2 aromatic carbocycles. The molecule has 120 valence electrons. The third-order valence-electron chi connectivity index (χ3n) is 3.29. The van der Waals surface area contributed by atoms with Gasteiger partial charge in [0.25, 0.3) is 5.91 Å². The van der Waals surface area contributed by atoms with Gasteiger partial charge in [-0.1, -0.05) is 48.2 Å². The molecule has 0 unspecified atom stereocenters. The van der Waals surface area contributed by atoms with E-state index in [4.69, 9.17) is 12.2 Å². The average Bonchev–Trinajstić information content (AvgIpc) is 2.84. The molecular formula is C17H12N2O3S2. The number of thioether (sulfide) groups is 1. The van der Waals surface area contributed by atoms with Crippen LogP contribution in [0.4, 0.5) is 5.69 Å². The predicted molar refractivity (Wildman–Crippen MR) is 98.5 cm³/mol. The van der Waals surface area contributed by atoms with Gasteiger partial charge in [0.05, 0.1) is 16.2 Å². The summed E-state index contributed by atoms with van der Waals surface area (Å²) in [4.78, 5) is 24.2. The van der Waals surface area contributed by atoms with E-state index in [1.54, 1.807) is 24.3 Å². The molecule has 3 rings (SSSR count). The second-order valence-electron chi connectivity index (χ2n) is 4.89. The minimum atomic E-state index is -1.04. The zero-order valence-corrected chi connectivity index (χ0v) is 13.9. The molecule has 0 saturated carbocycles. The molecule has 0 bridgehead atoms. The highest BCUT2D eigenvalue weighted by Crippen LogP contribution is 2.33. The first-order valence-electron chi connectivity index (χ1n) is 6.98. The Morgan fingerprint density at radius 3 is 2.50 bits per heavy atom. The Hall–Kier alpha value is -2.64. The molecule has 1 aliphatic rings. The largest absolute Gasteiger partial charge is 0.478 e. The molecule has 0 aromatic heterocycles. The van der Waals surface area contributed by atoms with Crippen molar-refractivity contribution in [3.63, 3.8) is 0 Å². The van der Waals surface area contributed by atoms with E-state index >= 15 is 0 Å². The first kappa shape index (κ1) is 16.2. The van der Waals surface area contributed by atoms with Gasteiger partial charge in [-0.2, -0.15) is 0 Å². The third kappa shape index (κ3) is 3.32. The summed E-state index contributed by atoms with van der Waals surface area (Å²) in [6, 6.07) is 15.7. The molecule has 0 radical (unpaired) electrons. The number of nitrogens with one attached hydrogen (secondary N) is 1. The van der Waals surface area contributed by atoms with E-state index < -0.39 is 5.97 Å². The Balaban J connectivity index is 1.88. The van der Waals surface area contributed by atoms with Crippen LogP contribution in [0, 0.1) is 0 Å². The summed E-state index contributed by atoms with van der Waals surface area (Å²) >= 11 is 6.37. The smallest absolute Gasteiger partial charge is 0.336 e. The summed E-state index contributed by atoms with van der Waals surface area (Å²) in [5, 5.41) is 10.5. The van der Waals surface area contributed by atoms with Crippen LogP contribution in [0.1, 0.15) is 15.9 Å². The molecule has 7 heteroatoms. The number of carboxylic acid groups (broad SMARTS) is 1. The lowest BCUT2D eigenvalue weighted by Gasteiger charge is -2.16. The van der Waals surface area contributed by atoms with Crippen LogP contribution in [0.2, 0.25) is 0 Å². The van der Waals surface area contributed by atoms with Crippen molar-refractivity contribution in [1.29, 1.82) is 0 Å². The van der Waals surface area contributed by atoms with E-state index in [0.717, 1.165) is 17.4 Å². The number of amides is 1. The molecule has 0 aliphatic carbocycles. The number of carbonyl (C=O) groups is 2. The van der Waals surface area contributed by atoms with Crippen molar-refractivity contribution in [2.24, 2.45) is 0 Å². The van der Waals surface area contributed by atoms with Crippen molar-refractivity contribution in [2.75, 3.05) is 5.43 Å². The van der Waals surface area contributed by atoms with E-state index in [1.807, 2.05) is 30.3 Å². The number of benzene rings is 2. The average molecular weight is 356 g/mol. The Kier molecular flexibility index (Phi) is 4.64. The van der Waals surface area contributed by atoms with Gasteiger partial charge >= 0.3 is 5.97 Å². The number of rotatable bonds is 4. The highest BCUT2D eigenvalue weighted by atomic mass is 32.2. The normalized spacial score (nSPS) is 15.8. The fourth-order valence-corrected chi connectivity index (χ4v) is 3.34. The third-order valence-corrected chi connectivity index (χ3v) is 4.59. The van der Waals surface area contributed by atoms with Crippen LogP contribution in [0.3, 0.4) is 0 Å². The maximum atomic E-state index is 12.5. The van der Waals surface area contributed by atoms with Crippen molar-refractivity contribution in [2.45, 2.75) is 0 Å². The van der Waals surface area contributed by atoms with Gasteiger partial charge in [-0.05, 0) is 42.1 Å². The molecule has 0 spiro atoms. The predicted octanol–water partition coefficient (Wildman–Crippen LogP) is 3.61. The summed E-state index contributed by atoms with van der Waals surface area (Å²) < 4.78 is 0.364. The standard InChI is InChI=1S/C17H12N2O3S2/c20-15-14(10-11-6-4-5-9-13(11)16(21)22)24-17(23)19(15)18-12-7-2-1-3-8-12/h1-10,18H,(H,21,22)/b14-10+. The van der Waals surface area contributed by atoms with Gasteiger partial charge in [0.15, 0.2) is 4.32 Å². The maximum absolute atomic E-state index is 12.5. The molecule has 2 N–H and O–H groups in total. The van der Waals surface area contributed by atoms with Gasteiger partial charge in [0.2, 0.25) is 0 Å². The number of nitrogens with zero attached hydrogens (tertiary/aromatic N) is 1. The number of para-hydroxylation sites is 1. The van der Waals surface area contributed by atoms with Crippen LogP contribution >= 0.6 is 24.0 Å². The van der Waals surface area contributed by atoms with E-state index in [2.05, 4.69) is 5.43 Å². The van der Waals surface area contributed by atoms with Crippen molar-refractivity contribution < 1.29 is 14.7 Å². The van der Waals surface area contributed by atoms with Crippen molar-refractivity contribution in [3.8, 4) is 0 Å². The van der Waals surface area contributed by atoms with Gasteiger partial charge in [0, 0.05) is 0 Å². The molecule has 1 heterocycles. The van der Waals surface area contributed by atoms with E-state index in [9.17, 15) is 14.7 Å². The molecule has 1 amide bonds. The van der Waals surface area contributed by atoms with Gasteiger partial charge in [0.1, 0.15) is 0 Å². The van der Waals surface area contributed by atoms with Gasteiger partial charge in [-0.15, -0.1) is 0 Å². The number of hydrogen-bond acceptors (Lipinski definition) is 5. The Labute approximate surface area is 147 Å². The van der Waals surface area contributed by atoms with Crippen LogP contribution in [-0.4, -0.2) is 26.3 Å². The molecule has 24 heavy (non-hydrogen) atoms. The molecule has 2 aromatic rings. The monoisotopic (exact) mass is 356 g/mol. The molecule has 1 saturated heterocycles. The van der Waals surface area contributed by atoms with E-state index in [-0.39, 0.29) is 11.5 Å². The number of carboxylic acids is 1. The van der Waals surface area contributed by atoms with Gasteiger partial charge < -0.3 is 5.11 Å². The van der Waals surface area contributed by atoms with Crippen LogP contribution in [0.5, 0.6) is 0 Å². The quantitative estimate of drug-likeness (QED) is 0.644. The highest BCUT2D eigenvalue weighted by Gasteiger charge is 2.32. The van der Waals surface area contributed by atoms with E-state index in [1.165, 1.54) is 11.1 Å². The summed E-state index contributed by atoms with van der Waals surface area (Å²) in [6.45, 7) is 0. The van der Waals surface area contributed by atoms with Crippen LogP contribution < -0.4 is 5.43 Å². The second-order valence-corrected chi connectivity index (χ2v) is 6.56. The second kappa shape index (κ2) is 6.86. The lowest BCUT2D eigenvalue weighted by molar-refractivity contribution is -0.121. The molecular weight excluding hydrogens is 344 g/mol. The van der Waals surface area contributed by atoms with Crippen molar-refractivity contribution in [3.05, 3.63) is 70.6 Å². The number of hydrazine groups is 1. The van der Waals surface area contributed by atoms with Gasteiger partial charge in [-0.3, -0.25) is 10.2 Å². The fourth-order valence-electron chi connectivity index (χ4n) is 2.16. The molecule has 0 atom stereocenters.